The van der Waals surface area contributed by atoms with Gasteiger partial charge in [0.2, 0.25) is 0 Å². The number of benzene rings is 1. The summed E-state index contributed by atoms with van der Waals surface area (Å²) in [5, 5.41) is 3.56. The van der Waals surface area contributed by atoms with Gasteiger partial charge in [-0.2, -0.15) is 0 Å². The monoisotopic (exact) mass is 272 g/mol. The number of ether oxygens (including phenoxy) is 1. The molecule has 1 aromatic carbocycles. The Hall–Kier alpha value is -1.06. The maximum atomic E-state index is 6.11. The fourth-order valence-electron chi connectivity index (χ4n) is 3.72. The molecule has 1 saturated heterocycles. The highest BCUT2D eigenvalue weighted by molar-refractivity contribution is 5.61. The molecule has 4 rings (SSSR count). The molecular weight excluding hydrogens is 248 g/mol. The molecule has 3 aliphatic rings. The molecule has 3 heteroatoms. The number of fused-ring (bicyclic) bond motifs is 1. The van der Waals surface area contributed by atoms with Gasteiger partial charge in [-0.1, -0.05) is 18.2 Å². The quantitative estimate of drug-likeness (QED) is 0.915. The minimum Gasteiger partial charge on any atom is -0.384 e. The average Bonchev–Trinajstić information content (AvgIpc) is 3.17. The van der Waals surface area contributed by atoms with Gasteiger partial charge in [-0.05, 0) is 43.2 Å². The predicted molar refractivity (Wildman–Crippen MR) is 81.0 cm³/mol. The van der Waals surface area contributed by atoms with Gasteiger partial charge in [0.25, 0.3) is 0 Å². The topological polar surface area (TPSA) is 24.5 Å². The van der Waals surface area contributed by atoms with Crippen molar-refractivity contribution in [3.63, 3.8) is 0 Å². The van der Waals surface area contributed by atoms with E-state index in [-0.39, 0.29) is 0 Å². The van der Waals surface area contributed by atoms with Crippen molar-refractivity contribution in [3.8, 4) is 0 Å². The van der Waals surface area contributed by atoms with Crippen molar-refractivity contribution in [1.82, 2.24) is 4.90 Å². The van der Waals surface area contributed by atoms with E-state index in [0.717, 1.165) is 32.1 Å². The number of hydrogen-bond donors (Lipinski definition) is 1. The smallest absolute Gasteiger partial charge is 0.0734 e. The largest absolute Gasteiger partial charge is 0.384 e. The Morgan fingerprint density at radius 1 is 1.30 bits per heavy atom. The molecule has 1 saturated carbocycles. The van der Waals surface area contributed by atoms with E-state index >= 15 is 0 Å². The minimum absolute atomic E-state index is 0.374. The lowest BCUT2D eigenvalue weighted by atomic mass is 10.1. The van der Waals surface area contributed by atoms with Gasteiger partial charge in [0, 0.05) is 31.9 Å². The van der Waals surface area contributed by atoms with E-state index in [1.54, 1.807) is 0 Å². The molecule has 1 N–H and O–H groups in total. The summed E-state index contributed by atoms with van der Waals surface area (Å²) in [4.78, 5) is 2.59. The highest BCUT2D eigenvalue weighted by Gasteiger charge is 2.37. The fourth-order valence-corrected chi connectivity index (χ4v) is 3.72. The lowest BCUT2D eigenvalue weighted by Gasteiger charge is -2.37. The second kappa shape index (κ2) is 5.05. The van der Waals surface area contributed by atoms with Crippen LogP contribution in [0.4, 0.5) is 5.69 Å². The van der Waals surface area contributed by atoms with Crippen LogP contribution in [0.2, 0.25) is 0 Å². The standard InChI is InChI=1S/C17H24N2O/c1-12-9-19(11-16(20-12)13-5-6-13)10-15-4-2-3-14-7-8-18-17(14)15/h2-4,12-13,16,18H,5-11H2,1H3. The summed E-state index contributed by atoms with van der Waals surface area (Å²) in [6, 6.07) is 6.75. The molecule has 1 aliphatic carbocycles. The normalized spacial score (nSPS) is 30.1. The summed E-state index contributed by atoms with van der Waals surface area (Å²) in [7, 11) is 0. The molecule has 2 heterocycles. The first kappa shape index (κ1) is 12.7. The summed E-state index contributed by atoms with van der Waals surface area (Å²) in [6.45, 7) is 6.55. The lowest BCUT2D eigenvalue weighted by molar-refractivity contribution is -0.0881. The van der Waals surface area contributed by atoms with Crippen LogP contribution in [-0.2, 0) is 17.7 Å². The van der Waals surface area contributed by atoms with Crippen molar-refractivity contribution < 1.29 is 4.74 Å². The van der Waals surface area contributed by atoms with Crippen LogP contribution in [-0.4, -0.2) is 36.7 Å². The van der Waals surface area contributed by atoms with Gasteiger partial charge >= 0.3 is 0 Å². The lowest BCUT2D eigenvalue weighted by Crippen LogP contribution is -2.46. The molecule has 20 heavy (non-hydrogen) atoms. The van der Waals surface area contributed by atoms with Gasteiger partial charge in [-0.3, -0.25) is 4.90 Å². The van der Waals surface area contributed by atoms with Gasteiger partial charge in [0.1, 0.15) is 0 Å². The highest BCUT2D eigenvalue weighted by atomic mass is 16.5. The van der Waals surface area contributed by atoms with E-state index < -0.39 is 0 Å². The molecule has 0 spiro atoms. The van der Waals surface area contributed by atoms with Crippen LogP contribution in [0.3, 0.4) is 0 Å². The number of hydrogen-bond acceptors (Lipinski definition) is 3. The molecule has 2 fully saturated rings. The van der Waals surface area contributed by atoms with E-state index in [9.17, 15) is 0 Å². The Morgan fingerprint density at radius 3 is 3.05 bits per heavy atom. The van der Waals surface area contributed by atoms with E-state index in [1.807, 2.05) is 0 Å². The minimum atomic E-state index is 0.374. The molecule has 1 aromatic rings. The Balaban J connectivity index is 1.49. The van der Waals surface area contributed by atoms with Crippen LogP contribution in [0.1, 0.15) is 30.9 Å². The van der Waals surface area contributed by atoms with Gasteiger partial charge in [-0.25, -0.2) is 0 Å². The second-order valence-electron chi connectivity index (χ2n) is 6.64. The van der Waals surface area contributed by atoms with Crippen LogP contribution in [0.5, 0.6) is 0 Å². The zero-order chi connectivity index (χ0) is 13.5. The first-order valence-corrected chi connectivity index (χ1v) is 8.02. The van der Waals surface area contributed by atoms with E-state index in [4.69, 9.17) is 4.74 Å². The van der Waals surface area contributed by atoms with Crippen LogP contribution >= 0.6 is 0 Å². The Bertz CT molecular complexity index is 498. The zero-order valence-corrected chi connectivity index (χ0v) is 12.3. The SMILES string of the molecule is CC1CN(Cc2cccc3c2NCC3)CC(C2CC2)O1. The van der Waals surface area contributed by atoms with Crippen molar-refractivity contribution in [2.45, 2.75) is 44.9 Å². The van der Waals surface area contributed by atoms with Crippen molar-refractivity contribution in [2.24, 2.45) is 5.92 Å². The molecule has 2 unspecified atom stereocenters. The summed E-state index contributed by atoms with van der Waals surface area (Å²) in [6.07, 6.45) is 4.76. The molecule has 0 amide bonds. The van der Waals surface area contributed by atoms with Crippen molar-refractivity contribution in [1.29, 1.82) is 0 Å². The number of rotatable bonds is 3. The van der Waals surface area contributed by atoms with Gasteiger partial charge in [0.15, 0.2) is 0 Å². The molecular formula is C17H24N2O. The molecule has 0 bridgehead atoms. The molecule has 2 atom stereocenters. The van der Waals surface area contributed by atoms with Crippen molar-refractivity contribution >= 4 is 5.69 Å². The summed E-state index contributed by atoms with van der Waals surface area (Å²) >= 11 is 0. The second-order valence-corrected chi connectivity index (χ2v) is 6.64. The van der Waals surface area contributed by atoms with E-state index in [1.165, 1.54) is 36.1 Å². The van der Waals surface area contributed by atoms with Gasteiger partial charge < -0.3 is 10.1 Å². The Labute approximate surface area is 121 Å². The number of nitrogens with zero attached hydrogens (tertiary/aromatic N) is 1. The third kappa shape index (κ3) is 2.45. The van der Waals surface area contributed by atoms with Crippen LogP contribution < -0.4 is 5.32 Å². The average molecular weight is 272 g/mol. The molecule has 0 aromatic heterocycles. The van der Waals surface area contributed by atoms with Gasteiger partial charge in [0.05, 0.1) is 12.2 Å². The first-order valence-electron chi connectivity index (χ1n) is 8.02. The summed E-state index contributed by atoms with van der Waals surface area (Å²) < 4.78 is 6.11. The van der Waals surface area contributed by atoms with E-state index in [0.29, 0.717) is 12.2 Å². The van der Waals surface area contributed by atoms with E-state index in [2.05, 4.69) is 35.3 Å². The summed E-state index contributed by atoms with van der Waals surface area (Å²) in [5.74, 6) is 0.833. The number of anilines is 1. The Morgan fingerprint density at radius 2 is 2.20 bits per heavy atom. The maximum absolute atomic E-state index is 6.11. The van der Waals surface area contributed by atoms with Crippen LogP contribution in [0, 0.1) is 5.92 Å². The fraction of sp³-hybridized carbons (Fsp3) is 0.647. The van der Waals surface area contributed by atoms with Crippen LogP contribution in [0.25, 0.3) is 0 Å². The summed E-state index contributed by atoms with van der Waals surface area (Å²) in [5.41, 5.74) is 4.35. The van der Waals surface area contributed by atoms with Crippen molar-refractivity contribution in [3.05, 3.63) is 29.3 Å². The third-order valence-electron chi connectivity index (χ3n) is 4.84. The maximum Gasteiger partial charge on any atom is 0.0734 e. The zero-order valence-electron chi connectivity index (χ0n) is 12.3. The Kier molecular flexibility index (Phi) is 3.20. The highest BCUT2D eigenvalue weighted by Crippen LogP contribution is 2.37. The van der Waals surface area contributed by atoms with Crippen molar-refractivity contribution in [2.75, 3.05) is 25.0 Å². The van der Waals surface area contributed by atoms with Gasteiger partial charge in [-0.15, -0.1) is 0 Å². The third-order valence-corrected chi connectivity index (χ3v) is 4.84. The molecule has 0 radical (unpaired) electrons. The number of nitrogens with one attached hydrogen (secondary N) is 1. The predicted octanol–water partition coefficient (Wildman–Crippen LogP) is 2.65. The first-order chi connectivity index (χ1) is 9.79. The molecule has 3 nitrogen and oxygen atoms in total. The van der Waals surface area contributed by atoms with Crippen LogP contribution in [0.15, 0.2) is 18.2 Å². The number of morpholine rings is 1. The number of para-hydroxylation sites is 1. The molecule has 108 valence electrons. The molecule has 2 aliphatic heterocycles.